The topological polar surface area (TPSA) is 12.5 Å². The maximum atomic E-state index is 12.6. The number of halogens is 4. The summed E-state index contributed by atoms with van der Waals surface area (Å²) in [6.45, 7) is 0.902. The number of alkyl halides is 3. The van der Waals surface area contributed by atoms with Crippen LogP contribution in [0.2, 0.25) is 0 Å². The Morgan fingerprint density at radius 2 is 1.74 bits per heavy atom. The van der Waals surface area contributed by atoms with E-state index in [2.05, 4.69) is 0 Å². The van der Waals surface area contributed by atoms with Crippen LogP contribution in [0.15, 0.2) is 24.3 Å². The average Bonchev–Trinajstić information content (AvgIpc) is 2.33. The van der Waals surface area contributed by atoms with Crippen LogP contribution < -0.4 is 4.74 Å². The van der Waals surface area contributed by atoms with Crippen molar-refractivity contribution in [1.29, 1.82) is 0 Å². The molecule has 108 valence electrons. The van der Waals surface area contributed by atoms with Gasteiger partial charge in [0.1, 0.15) is 11.6 Å². The van der Waals surface area contributed by atoms with Gasteiger partial charge in [-0.15, -0.1) is 0 Å². The molecule has 0 heterocycles. The second kappa shape index (κ2) is 7.33. The van der Waals surface area contributed by atoms with Crippen molar-refractivity contribution >= 4 is 0 Å². The molecule has 0 N–H and O–H groups in total. The van der Waals surface area contributed by atoms with Gasteiger partial charge in [-0.05, 0) is 37.7 Å². The molecule has 0 radical (unpaired) electrons. The Hall–Kier alpha value is -1.30. The molecule has 6 heteroatoms. The zero-order valence-corrected chi connectivity index (χ0v) is 10.7. The summed E-state index contributed by atoms with van der Waals surface area (Å²) in [5, 5.41) is 0. The molecule has 0 aromatic heterocycles. The fourth-order valence-corrected chi connectivity index (χ4v) is 1.48. The highest BCUT2D eigenvalue weighted by Gasteiger charge is 2.26. The summed E-state index contributed by atoms with van der Waals surface area (Å²) in [6, 6.07) is 5.63. The van der Waals surface area contributed by atoms with Gasteiger partial charge in [-0.25, -0.2) is 4.39 Å². The molecular weight excluding hydrogens is 262 g/mol. The minimum absolute atomic E-state index is 0.0138. The predicted octanol–water partition coefficient (Wildman–Crippen LogP) is 3.48. The van der Waals surface area contributed by atoms with E-state index in [1.807, 2.05) is 0 Å². The molecule has 0 unspecified atom stereocenters. The van der Waals surface area contributed by atoms with Gasteiger partial charge in [-0.3, -0.25) is 0 Å². The summed E-state index contributed by atoms with van der Waals surface area (Å²) in [7, 11) is 1.64. The first-order chi connectivity index (χ1) is 8.87. The van der Waals surface area contributed by atoms with Crippen LogP contribution in [-0.2, 0) is 0 Å². The van der Waals surface area contributed by atoms with Crippen molar-refractivity contribution in [2.45, 2.75) is 19.0 Å². The number of hydrogen-bond donors (Lipinski definition) is 0. The van der Waals surface area contributed by atoms with Gasteiger partial charge in [0.2, 0.25) is 0 Å². The van der Waals surface area contributed by atoms with Crippen molar-refractivity contribution in [3.8, 4) is 5.75 Å². The molecule has 1 aromatic rings. The molecule has 0 aliphatic carbocycles. The van der Waals surface area contributed by atoms with Gasteiger partial charge in [0.05, 0.1) is 13.0 Å². The van der Waals surface area contributed by atoms with Crippen LogP contribution in [0.3, 0.4) is 0 Å². The van der Waals surface area contributed by atoms with E-state index >= 15 is 0 Å². The molecule has 2 nitrogen and oxygen atoms in total. The van der Waals surface area contributed by atoms with Crippen LogP contribution in [0.1, 0.15) is 12.8 Å². The molecule has 1 rings (SSSR count). The first kappa shape index (κ1) is 15.8. The lowest BCUT2D eigenvalue weighted by atomic mass is 10.3. The van der Waals surface area contributed by atoms with Crippen molar-refractivity contribution in [1.82, 2.24) is 4.90 Å². The average molecular weight is 279 g/mol. The highest BCUT2D eigenvalue weighted by atomic mass is 19.4. The summed E-state index contributed by atoms with van der Waals surface area (Å²) < 4.78 is 53.9. The highest BCUT2D eigenvalue weighted by Crippen LogP contribution is 2.19. The Labute approximate surface area is 110 Å². The van der Waals surface area contributed by atoms with E-state index in [0.717, 1.165) is 0 Å². The molecule has 0 saturated carbocycles. The fraction of sp³-hybridized carbons (Fsp3) is 0.538. The first-order valence-electron chi connectivity index (χ1n) is 6.00. The van der Waals surface area contributed by atoms with Crippen molar-refractivity contribution in [2.24, 2.45) is 0 Å². The second-order valence-electron chi connectivity index (χ2n) is 4.32. The van der Waals surface area contributed by atoms with Crippen molar-refractivity contribution in [3.63, 3.8) is 0 Å². The molecule has 0 saturated heterocycles. The Kier molecular flexibility index (Phi) is 6.08. The Morgan fingerprint density at radius 3 is 2.32 bits per heavy atom. The fourth-order valence-electron chi connectivity index (χ4n) is 1.48. The summed E-state index contributed by atoms with van der Waals surface area (Å²) in [5.41, 5.74) is 0. The zero-order chi connectivity index (χ0) is 14.3. The molecule has 0 aliphatic rings. The standard InChI is InChI=1S/C13H17F4NO/c1-18(9-7-13(15,16)17)8-2-10-19-12-5-3-11(14)4-6-12/h3-6H,2,7-10H2,1H3. The monoisotopic (exact) mass is 279 g/mol. The van der Waals surface area contributed by atoms with Crippen LogP contribution in [-0.4, -0.2) is 37.8 Å². The van der Waals surface area contributed by atoms with Crippen molar-refractivity contribution < 1.29 is 22.3 Å². The molecular formula is C13H17F4NO. The third-order valence-corrected chi connectivity index (χ3v) is 2.54. The maximum Gasteiger partial charge on any atom is 0.390 e. The molecule has 0 atom stereocenters. The maximum absolute atomic E-state index is 12.6. The Balaban J connectivity index is 2.12. The van der Waals surface area contributed by atoms with E-state index in [-0.39, 0.29) is 12.4 Å². The van der Waals surface area contributed by atoms with Gasteiger partial charge in [0, 0.05) is 13.1 Å². The van der Waals surface area contributed by atoms with Gasteiger partial charge in [0.25, 0.3) is 0 Å². The van der Waals surface area contributed by atoms with Gasteiger partial charge in [0.15, 0.2) is 0 Å². The number of hydrogen-bond acceptors (Lipinski definition) is 2. The SMILES string of the molecule is CN(CCCOc1ccc(F)cc1)CCC(F)(F)F. The smallest absolute Gasteiger partial charge is 0.390 e. The van der Waals surface area contributed by atoms with E-state index in [4.69, 9.17) is 4.74 Å². The summed E-state index contributed by atoms with van der Waals surface area (Å²) >= 11 is 0. The van der Waals surface area contributed by atoms with Gasteiger partial charge in [-0.1, -0.05) is 0 Å². The number of benzene rings is 1. The van der Waals surface area contributed by atoms with E-state index in [1.54, 1.807) is 11.9 Å². The van der Waals surface area contributed by atoms with Crippen molar-refractivity contribution in [2.75, 3.05) is 26.7 Å². The minimum Gasteiger partial charge on any atom is -0.494 e. The van der Waals surface area contributed by atoms with Crippen LogP contribution in [0, 0.1) is 5.82 Å². The zero-order valence-electron chi connectivity index (χ0n) is 10.7. The molecule has 0 spiro atoms. The van der Waals surface area contributed by atoms with Crippen LogP contribution in [0.25, 0.3) is 0 Å². The van der Waals surface area contributed by atoms with Crippen LogP contribution in [0.5, 0.6) is 5.75 Å². The molecule has 0 fully saturated rings. The predicted molar refractivity (Wildman–Crippen MR) is 64.7 cm³/mol. The number of nitrogens with zero attached hydrogens (tertiary/aromatic N) is 1. The summed E-state index contributed by atoms with van der Waals surface area (Å²) in [6.07, 6.45) is -4.30. The molecule has 0 aliphatic heterocycles. The lowest BCUT2D eigenvalue weighted by Crippen LogP contribution is -2.26. The lowest BCUT2D eigenvalue weighted by Gasteiger charge is -2.17. The van der Waals surface area contributed by atoms with E-state index in [0.29, 0.717) is 25.3 Å². The van der Waals surface area contributed by atoms with Gasteiger partial charge < -0.3 is 9.64 Å². The highest BCUT2D eigenvalue weighted by molar-refractivity contribution is 5.21. The van der Waals surface area contributed by atoms with E-state index in [9.17, 15) is 17.6 Å². The van der Waals surface area contributed by atoms with Gasteiger partial charge >= 0.3 is 6.18 Å². The Bertz CT molecular complexity index is 364. The summed E-state index contributed by atoms with van der Waals surface area (Å²) in [4.78, 5) is 1.61. The molecule has 0 amide bonds. The lowest BCUT2D eigenvalue weighted by molar-refractivity contribution is -0.137. The Morgan fingerprint density at radius 1 is 1.11 bits per heavy atom. The molecule has 0 bridgehead atoms. The normalized spacial score (nSPS) is 11.9. The first-order valence-corrected chi connectivity index (χ1v) is 6.00. The largest absolute Gasteiger partial charge is 0.494 e. The third kappa shape index (κ3) is 7.66. The number of rotatable bonds is 7. The quantitative estimate of drug-likeness (QED) is 0.559. The second-order valence-corrected chi connectivity index (χ2v) is 4.32. The van der Waals surface area contributed by atoms with Gasteiger partial charge in [-0.2, -0.15) is 13.2 Å². The van der Waals surface area contributed by atoms with E-state index < -0.39 is 12.6 Å². The minimum atomic E-state index is -4.11. The summed E-state index contributed by atoms with van der Waals surface area (Å²) in [5.74, 6) is 0.221. The van der Waals surface area contributed by atoms with Crippen LogP contribution in [0.4, 0.5) is 17.6 Å². The number of ether oxygens (including phenoxy) is 1. The molecule has 1 aromatic carbocycles. The third-order valence-electron chi connectivity index (χ3n) is 2.54. The van der Waals surface area contributed by atoms with E-state index in [1.165, 1.54) is 24.3 Å². The van der Waals surface area contributed by atoms with Crippen LogP contribution >= 0.6 is 0 Å². The van der Waals surface area contributed by atoms with Crippen molar-refractivity contribution in [3.05, 3.63) is 30.1 Å². The molecule has 19 heavy (non-hydrogen) atoms.